The number of methoxy groups -OCH3 is 1. The van der Waals surface area contributed by atoms with E-state index in [4.69, 9.17) is 16.3 Å². The lowest BCUT2D eigenvalue weighted by Crippen LogP contribution is -2.41. The molecule has 0 aliphatic rings. The summed E-state index contributed by atoms with van der Waals surface area (Å²) in [5, 5.41) is 11.1. The topological polar surface area (TPSA) is 111 Å². The summed E-state index contributed by atoms with van der Waals surface area (Å²) in [6, 6.07) is 9.78. The predicted octanol–water partition coefficient (Wildman–Crippen LogP) is 2.33. The van der Waals surface area contributed by atoms with Gasteiger partial charge in [-0.25, -0.2) is 0 Å². The van der Waals surface area contributed by atoms with Crippen LogP contribution in [0.5, 0.6) is 5.75 Å². The highest BCUT2D eigenvalue weighted by Crippen LogP contribution is 2.22. The molecule has 0 bridgehead atoms. The summed E-state index contributed by atoms with van der Waals surface area (Å²) in [5.74, 6) is -0.838. The molecule has 24 heavy (non-hydrogen) atoms. The van der Waals surface area contributed by atoms with Crippen molar-refractivity contribution in [3.63, 3.8) is 0 Å². The fourth-order valence-electron chi connectivity index (χ4n) is 1.84. The lowest BCUT2D eigenvalue weighted by molar-refractivity contribution is -0.385. The van der Waals surface area contributed by atoms with Gasteiger partial charge in [0.1, 0.15) is 11.3 Å². The highest BCUT2D eigenvalue weighted by atomic mass is 35.5. The van der Waals surface area contributed by atoms with Crippen molar-refractivity contribution in [2.24, 2.45) is 0 Å². The summed E-state index contributed by atoms with van der Waals surface area (Å²) in [6.07, 6.45) is 0. The molecule has 0 unspecified atom stereocenters. The standard InChI is InChI=1S/C15H12ClN3O5/c1-24-11-5-2-9(3-6-11)14(20)17-18-15(21)12-7-4-10(16)8-13(12)19(22)23/h2-8H,1H3,(H,17,20)(H,18,21). The first kappa shape index (κ1) is 17.2. The highest BCUT2D eigenvalue weighted by Gasteiger charge is 2.21. The number of nitro benzene ring substituents is 1. The smallest absolute Gasteiger partial charge is 0.283 e. The molecule has 0 saturated carbocycles. The number of carbonyl (C=O) groups is 2. The molecule has 0 aliphatic heterocycles. The van der Waals surface area contributed by atoms with Crippen molar-refractivity contribution in [3.05, 3.63) is 68.7 Å². The summed E-state index contributed by atoms with van der Waals surface area (Å²) < 4.78 is 4.97. The fourth-order valence-corrected chi connectivity index (χ4v) is 2.01. The average Bonchev–Trinajstić information content (AvgIpc) is 2.59. The summed E-state index contributed by atoms with van der Waals surface area (Å²) in [5.41, 5.74) is 3.90. The molecule has 9 heteroatoms. The normalized spacial score (nSPS) is 9.92. The van der Waals surface area contributed by atoms with Crippen LogP contribution < -0.4 is 15.6 Å². The van der Waals surface area contributed by atoms with E-state index in [1.165, 1.54) is 31.4 Å². The van der Waals surface area contributed by atoms with Crippen LogP contribution in [0.3, 0.4) is 0 Å². The molecule has 8 nitrogen and oxygen atoms in total. The molecular weight excluding hydrogens is 338 g/mol. The van der Waals surface area contributed by atoms with Gasteiger partial charge in [0.2, 0.25) is 0 Å². The van der Waals surface area contributed by atoms with Crippen LogP contribution in [0.4, 0.5) is 5.69 Å². The van der Waals surface area contributed by atoms with E-state index in [9.17, 15) is 19.7 Å². The monoisotopic (exact) mass is 349 g/mol. The van der Waals surface area contributed by atoms with Gasteiger partial charge in [-0.1, -0.05) is 11.6 Å². The van der Waals surface area contributed by atoms with E-state index in [-0.39, 0.29) is 16.1 Å². The molecule has 0 aliphatic carbocycles. The fraction of sp³-hybridized carbons (Fsp3) is 0.0667. The molecule has 0 aromatic heterocycles. The number of nitrogens with zero attached hydrogens (tertiary/aromatic N) is 1. The zero-order valence-corrected chi connectivity index (χ0v) is 13.2. The number of rotatable bonds is 4. The van der Waals surface area contributed by atoms with Crippen LogP contribution >= 0.6 is 11.6 Å². The maximum absolute atomic E-state index is 12.0. The molecule has 2 aromatic rings. The molecule has 0 atom stereocenters. The van der Waals surface area contributed by atoms with E-state index >= 15 is 0 Å². The minimum absolute atomic E-state index is 0.125. The van der Waals surface area contributed by atoms with Crippen LogP contribution in [0.25, 0.3) is 0 Å². The Morgan fingerprint density at radius 2 is 1.71 bits per heavy atom. The minimum atomic E-state index is -0.833. The van der Waals surface area contributed by atoms with E-state index in [1.807, 2.05) is 0 Å². The second-order valence-corrected chi connectivity index (χ2v) is 4.99. The Balaban J connectivity index is 2.07. The molecule has 2 aromatic carbocycles. The quantitative estimate of drug-likeness (QED) is 0.650. The van der Waals surface area contributed by atoms with Gasteiger partial charge in [0.25, 0.3) is 17.5 Å². The van der Waals surface area contributed by atoms with Gasteiger partial charge in [0.05, 0.1) is 12.0 Å². The second-order valence-electron chi connectivity index (χ2n) is 4.56. The van der Waals surface area contributed by atoms with Crippen molar-refractivity contribution in [2.45, 2.75) is 0 Å². The Hall–Kier alpha value is -3.13. The van der Waals surface area contributed by atoms with Gasteiger partial charge >= 0.3 is 0 Å². The van der Waals surface area contributed by atoms with Crippen LogP contribution in [0.15, 0.2) is 42.5 Å². The second kappa shape index (κ2) is 7.42. The van der Waals surface area contributed by atoms with E-state index in [2.05, 4.69) is 10.9 Å². The summed E-state index contributed by atoms with van der Waals surface area (Å²) >= 11 is 5.68. The van der Waals surface area contributed by atoms with Crippen molar-refractivity contribution in [1.82, 2.24) is 10.9 Å². The number of carbonyl (C=O) groups excluding carboxylic acids is 2. The number of ether oxygens (including phenoxy) is 1. The van der Waals surface area contributed by atoms with Crippen LogP contribution in [0.2, 0.25) is 5.02 Å². The van der Waals surface area contributed by atoms with Crippen molar-refractivity contribution in [3.8, 4) is 5.75 Å². The summed E-state index contributed by atoms with van der Waals surface area (Å²) in [4.78, 5) is 34.2. The zero-order chi connectivity index (χ0) is 17.7. The Morgan fingerprint density at radius 3 is 2.29 bits per heavy atom. The Bertz CT molecular complexity index is 792. The van der Waals surface area contributed by atoms with E-state index in [1.54, 1.807) is 12.1 Å². The summed E-state index contributed by atoms with van der Waals surface area (Å²) in [6.45, 7) is 0. The van der Waals surface area contributed by atoms with Gasteiger partial charge in [-0.2, -0.15) is 0 Å². The average molecular weight is 350 g/mol. The molecule has 124 valence electrons. The number of nitro groups is 1. The Morgan fingerprint density at radius 1 is 1.08 bits per heavy atom. The predicted molar refractivity (Wildman–Crippen MR) is 86.0 cm³/mol. The maximum atomic E-state index is 12.0. The van der Waals surface area contributed by atoms with Crippen molar-refractivity contribution < 1.29 is 19.2 Å². The van der Waals surface area contributed by atoms with E-state index < -0.39 is 22.4 Å². The molecular formula is C15H12ClN3O5. The minimum Gasteiger partial charge on any atom is -0.497 e. The Kier molecular flexibility index (Phi) is 5.33. The van der Waals surface area contributed by atoms with Crippen LogP contribution in [-0.2, 0) is 0 Å². The van der Waals surface area contributed by atoms with E-state index in [0.717, 1.165) is 6.07 Å². The van der Waals surface area contributed by atoms with Crippen molar-refractivity contribution >= 4 is 29.1 Å². The third-order valence-electron chi connectivity index (χ3n) is 3.04. The van der Waals surface area contributed by atoms with E-state index in [0.29, 0.717) is 5.75 Å². The third kappa shape index (κ3) is 3.99. The van der Waals surface area contributed by atoms with Gasteiger partial charge in [-0.3, -0.25) is 30.6 Å². The molecule has 0 spiro atoms. The number of amides is 2. The lowest BCUT2D eigenvalue weighted by atomic mass is 10.1. The summed E-state index contributed by atoms with van der Waals surface area (Å²) in [7, 11) is 1.49. The largest absolute Gasteiger partial charge is 0.497 e. The Labute approximate surface area is 141 Å². The van der Waals surface area contributed by atoms with Gasteiger partial charge in [-0.05, 0) is 36.4 Å². The van der Waals surface area contributed by atoms with Crippen LogP contribution in [-0.4, -0.2) is 23.8 Å². The zero-order valence-electron chi connectivity index (χ0n) is 12.4. The van der Waals surface area contributed by atoms with Gasteiger partial charge in [0.15, 0.2) is 0 Å². The van der Waals surface area contributed by atoms with Gasteiger partial charge < -0.3 is 4.74 Å². The van der Waals surface area contributed by atoms with Gasteiger partial charge in [0, 0.05) is 16.7 Å². The maximum Gasteiger partial charge on any atom is 0.283 e. The molecule has 2 rings (SSSR count). The van der Waals surface area contributed by atoms with Crippen LogP contribution in [0.1, 0.15) is 20.7 Å². The molecule has 0 saturated heterocycles. The molecule has 2 N–H and O–H groups in total. The third-order valence-corrected chi connectivity index (χ3v) is 3.28. The number of hydrogen-bond donors (Lipinski definition) is 2. The first-order valence-electron chi connectivity index (χ1n) is 6.61. The first-order chi connectivity index (χ1) is 11.4. The molecule has 0 heterocycles. The first-order valence-corrected chi connectivity index (χ1v) is 6.99. The number of benzene rings is 2. The highest BCUT2D eigenvalue weighted by molar-refractivity contribution is 6.31. The number of hydrazine groups is 1. The van der Waals surface area contributed by atoms with Crippen molar-refractivity contribution in [1.29, 1.82) is 0 Å². The van der Waals surface area contributed by atoms with Crippen molar-refractivity contribution in [2.75, 3.05) is 7.11 Å². The molecule has 0 fully saturated rings. The molecule has 0 radical (unpaired) electrons. The molecule has 2 amide bonds. The number of hydrogen-bond acceptors (Lipinski definition) is 5. The van der Waals surface area contributed by atoms with Gasteiger partial charge in [-0.15, -0.1) is 0 Å². The van der Waals surface area contributed by atoms with Crippen LogP contribution in [0, 0.1) is 10.1 Å². The number of halogens is 1. The lowest BCUT2D eigenvalue weighted by Gasteiger charge is -2.08. The number of nitrogens with one attached hydrogen (secondary N) is 2. The SMILES string of the molecule is COc1ccc(C(=O)NNC(=O)c2ccc(Cl)cc2[N+](=O)[O-])cc1.